The molecule has 2 fully saturated rings. The molecule has 0 aromatic carbocycles. The molecule has 0 N–H and O–H groups in total. The van der Waals surface area contributed by atoms with Gasteiger partial charge in [-0.05, 0) is 49.5 Å². The van der Waals surface area contributed by atoms with Crippen LogP contribution in [-0.2, 0) is 15.9 Å². The summed E-state index contributed by atoms with van der Waals surface area (Å²) in [7, 11) is -3.36. The fourth-order valence-corrected chi connectivity index (χ4v) is 6.18. The van der Waals surface area contributed by atoms with Gasteiger partial charge in [0.1, 0.15) is 4.90 Å². The number of aryl methyl sites for hydroxylation is 1. The highest BCUT2D eigenvalue weighted by molar-refractivity contribution is 7.89. The Hall–Kier alpha value is -0.100. The standard InChI is InChI=1S/C13H18ClNO2S2/c1-9-8-18-12(6-14)13(9)19(16,17)15(11-4-5-11)7-10-2-3-10/h8,10-11H,2-7H2,1H3. The smallest absolute Gasteiger partial charge is 0.207 e. The summed E-state index contributed by atoms with van der Waals surface area (Å²) in [4.78, 5) is 1.25. The number of halogens is 1. The Labute approximate surface area is 123 Å². The monoisotopic (exact) mass is 319 g/mol. The van der Waals surface area contributed by atoms with Gasteiger partial charge in [0.05, 0.1) is 5.88 Å². The molecule has 2 aliphatic carbocycles. The summed E-state index contributed by atoms with van der Waals surface area (Å²) in [5.41, 5.74) is 0.835. The molecule has 0 bridgehead atoms. The highest BCUT2D eigenvalue weighted by Crippen LogP contribution is 2.40. The Bertz CT molecular complexity index is 573. The van der Waals surface area contributed by atoms with Crippen LogP contribution in [0, 0.1) is 12.8 Å². The van der Waals surface area contributed by atoms with Crippen LogP contribution in [0.4, 0.5) is 0 Å². The van der Waals surface area contributed by atoms with Gasteiger partial charge in [0.25, 0.3) is 0 Å². The van der Waals surface area contributed by atoms with Crippen LogP contribution in [0.25, 0.3) is 0 Å². The number of rotatable bonds is 6. The second-order valence-corrected chi connectivity index (χ2v) is 8.61. The van der Waals surface area contributed by atoms with E-state index < -0.39 is 10.0 Å². The van der Waals surface area contributed by atoms with Crippen molar-refractivity contribution in [1.82, 2.24) is 4.31 Å². The summed E-state index contributed by atoms with van der Waals surface area (Å²) < 4.78 is 27.6. The first-order valence-corrected chi connectivity index (χ1v) is 9.54. The Kier molecular flexibility index (Phi) is 3.67. The molecule has 106 valence electrons. The van der Waals surface area contributed by atoms with E-state index in [0.29, 0.717) is 17.4 Å². The molecule has 0 atom stereocenters. The van der Waals surface area contributed by atoms with Crippen LogP contribution in [-0.4, -0.2) is 25.3 Å². The van der Waals surface area contributed by atoms with Crippen molar-refractivity contribution < 1.29 is 8.42 Å². The molecular weight excluding hydrogens is 302 g/mol. The van der Waals surface area contributed by atoms with Gasteiger partial charge in [-0.2, -0.15) is 4.31 Å². The zero-order chi connectivity index (χ0) is 13.6. The highest BCUT2D eigenvalue weighted by atomic mass is 35.5. The number of thiophene rings is 1. The van der Waals surface area contributed by atoms with E-state index >= 15 is 0 Å². The lowest BCUT2D eigenvalue weighted by Gasteiger charge is -2.22. The average Bonchev–Trinajstić information content (AvgIpc) is 3.24. The van der Waals surface area contributed by atoms with Crippen LogP contribution >= 0.6 is 22.9 Å². The molecule has 3 nitrogen and oxygen atoms in total. The van der Waals surface area contributed by atoms with Crippen molar-refractivity contribution in [2.45, 2.75) is 49.4 Å². The van der Waals surface area contributed by atoms with Gasteiger partial charge in [-0.25, -0.2) is 8.42 Å². The number of sulfonamides is 1. The maximum Gasteiger partial charge on any atom is 0.244 e. The maximum absolute atomic E-state index is 12.9. The molecular formula is C13H18ClNO2S2. The van der Waals surface area contributed by atoms with Gasteiger partial charge >= 0.3 is 0 Å². The highest BCUT2D eigenvalue weighted by Gasteiger charge is 2.42. The van der Waals surface area contributed by atoms with E-state index in [1.807, 2.05) is 12.3 Å². The minimum atomic E-state index is -3.36. The van der Waals surface area contributed by atoms with E-state index in [1.54, 1.807) is 4.31 Å². The van der Waals surface area contributed by atoms with E-state index in [0.717, 1.165) is 23.3 Å². The molecule has 0 spiro atoms. The Morgan fingerprint density at radius 1 is 1.37 bits per heavy atom. The first kappa shape index (κ1) is 13.9. The third-order valence-electron chi connectivity index (χ3n) is 3.77. The number of hydrogen-bond acceptors (Lipinski definition) is 3. The molecule has 0 aliphatic heterocycles. The topological polar surface area (TPSA) is 37.4 Å². The molecule has 19 heavy (non-hydrogen) atoms. The summed E-state index contributed by atoms with van der Waals surface area (Å²) in [6, 6.07) is 0.230. The Morgan fingerprint density at radius 2 is 2.05 bits per heavy atom. The summed E-state index contributed by atoms with van der Waals surface area (Å²) in [5, 5.41) is 1.90. The molecule has 0 unspecified atom stereocenters. The van der Waals surface area contributed by atoms with E-state index in [1.165, 1.54) is 24.2 Å². The second-order valence-electron chi connectivity index (χ2n) is 5.55. The van der Waals surface area contributed by atoms with Crippen LogP contribution in [0.15, 0.2) is 10.3 Å². The van der Waals surface area contributed by atoms with Crippen molar-refractivity contribution in [3.05, 3.63) is 15.8 Å². The van der Waals surface area contributed by atoms with Crippen molar-refractivity contribution in [2.75, 3.05) is 6.54 Å². The molecule has 1 aromatic heterocycles. The predicted molar refractivity (Wildman–Crippen MR) is 78.3 cm³/mol. The SMILES string of the molecule is Cc1csc(CCl)c1S(=O)(=O)N(CC1CC1)C1CC1. The average molecular weight is 320 g/mol. The molecule has 0 amide bonds. The Morgan fingerprint density at radius 3 is 2.58 bits per heavy atom. The normalized spacial score (nSPS) is 20.2. The van der Waals surface area contributed by atoms with Gasteiger partial charge in [-0.3, -0.25) is 0 Å². The van der Waals surface area contributed by atoms with Gasteiger partial charge in [0, 0.05) is 17.5 Å². The largest absolute Gasteiger partial charge is 0.244 e. The maximum atomic E-state index is 12.9. The van der Waals surface area contributed by atoms with E-state index in [2.05, 4.69) is 0 Å². The molecule has 1 heterocycles. The molecule has 0 saturated heterocycles. The van der Waals surface area contributed by atoms with Gasteiger partial charge < -0.3 is 0 Å². The van der Waals surface area contributed by atoms with Gasteiger partial charge in [0.2, 0.25) is 10.0 Å². The van der Waals surface area contributed by atoms with Crippen molar-refractivity contribution in [3.63, 3.8) is 0 Å². The van der Waals surface area contributed by atoms with Gasteiger partial charge in [-0.15, -0.1) is 22.9 Å². The van der Waals surface area contributed by atoms with Crippen molar-refractivity contribution in [3.8, 4) is 0 Å². The minimum Gasteiger partial charge on any atom is -0.207 e. The van der Waals surface area contributed by atoms with Crippen LogP contribution in [0.5, 0.6) is 0 Å². The molecule has 2 saturated carbocycles. The summed E-state index contributed by atoms with van der Waals surface area (Å²) >= 11 is 7.35. The zero-order valence-electron chi connectivity index (χ0n) is 10.9. The van der Waals surface area contributed by atoms with Crippen molar-refractivity contribution >= 4 is 33.0 Å². The minimum absolute atomic E-state index is 0.230. The summed E-state index contributed by atoms with van der Waals surface area (Å²) in [5.74, 6) is 0.850. The fraction of sp³-hybridized carbons (Fsp3) is 0.692. The third-order valence-corrected chi connectivity index (χ3v) is 7.57. The van der Waals surface area contributed by atoms with Crippen LogP contribution in [0.2, 0.25) is 0 Å². The van der Waals surface area contributed by atoms with Crippen molar-refractivity contribution in [1.29, 1.82) is 0 Å². The fourth-order valence-electron chi connectivity index (χ4n) is 2.40. The quantitative estimate of drug-likeness (QED) is 0.754. The van der Waals surface area contributed by atoms with Gasteiger partial charge in [-0.1, -0.05) is 0 Å². The lowest BCUT2D eigenvalue weighted by atomic mass is 10.3. The second kappa shape index (κ2) is 5.02. The van der Waals surface area contributed by atoms with E-state index in [-0.39, 0.29) is 11.9 Å². The molecule has 2 aliphatic rings. The van der Waals surface area contributed by atoms with Crippen LogP contribution in [0.3, 0.4) is 0 Å². The zero-order valence-corrected chi connectivity index (χ0v) is 13.3. The lowest BCUT2D eigenvalue weighted by molar-refractivity contribution is 0.388. The molecule has 6 heteroatoms. The summed E-state index contributed by atoms with van der Waals surface area (Å²) in [6.45, 7) is 2.56. The van der Waals surface area contributed by atoms with Crippen LogP contribution in [0.1, 0.15) is 36.1 Å². The first-order valence-electron chi connectivity index (χ1n) is 6.69. The number of hydrogen-bond donors (Lipinski definition) is 0. The molecule has 1 aromatic rings. The van der Waals surface area contributed by atoms with Crippen LogP contribution < -0.4 is 0 Å². The van der Waals surface area contributed by atoms with E-state index in [4.69, 9.17) is 11.6 Å². The lowest BCUT2D eigenvalue weighted by Crippen LogP contribution is -2.35. The summed E-state index contributed by atoms with van der Waals surface area (Å²) in [6.07, 6.45) is 4.35. The molecule has 0 radical (unpaired) electrons. The predicted octanol–water partition coefficient (Wildman–Crippen LogP) is 3.36. The molecule has 3 rings (SSSR count). The Balaban J connectivity index is 1.96. The number of nitrogens with zero attached hydrogens (tertiary/aromatic N) is 1. The van der Waals surface area contributed by atoms with Gasteiger partial charge in [0.15, 0.2) is 0 Å². The number of alkyl halides is 1. The van der Waals surface area contributed by atoms with E-state index in [9.17, 15) is 8.42 Å². The first-order chi connectivity index (χ1) is 9.04. The van der Waals surface area contributed by atoms with Crippen molar-refractivity contribution in [2.24, 2.45) is 5.92 Å². The third kappa shape index (κ3) is 2.71.